The molecule has 0 atom stereocenters. The number of sulfonamides is 1. The van der Waals surface area contributed by atoms with Gasteiger partial charge in [0.1, 0.15) is 4.90 Å². The molecule has 0 spiro atoms. The van der Waals surface area contributed by atoms with Gasteiger partial charge in [0.05, 0.1) is 0 Å². The zero-order valence-corrected chi connectivity index (χ0v) is 11.6. The highest BCUT2D eigenvalue weighted by molar-refractivity contribution is 9.10. The maximum Gasteiger partial charge on any atom is 0.264 e. The van der Waals surface area contributed by atoms with Crippen molar-refractivity contribution in [1.29, 1.82) is 0 Å². The molecule has 0 radical (unpaired) electrons. The lowest BCUT2D eigenvalue weighted by Gasteiger charge is -2.07. The van der Waals surface area contributed by atoms with Gasteiger partial charge in [0.2, 0.25) is 0 Å². The molecule has 0 saturated carbocycles. The Morgan fingerprint density at radius 3 is 2.82 bits per heavy atom. The van der Waals surface area contributed by atoms with E-state index in [4.69, 9.17) is 5.73 Å². The number of anilines is 2. The molecule has 2 rings (SSSR count). The molecule has 0 bridgehead atoms. The van der Waals surface area contributed by atoms with Crippen molar-refractivity contribution >= 4 is 48.1 Å². The Morgan fingerprint density at radius 2 is 2.18 bits per heavy atom. The van der Waals surface area contributed by atoms with Crippen LogP contribution in [0, 0.1) is 0 Å². The van der Waals surface area contributed by atoms with E-state index < -0.39 is 10.0 Å². The molecule has 2 aromatic rings. The summed E-state index contributed by atoms with van der Waals surface area (Å²) in [5.41, 5.74) is 5.95. The molecule has 5 nitrogen and oxygen atoms in total. The number of nitrogens with one attached hydrogen (secondary N) is 1. The first-order valence-electron chi connectivity index (χ1n) is 4.46. The van der Waals surface area contributed by atoms with E-state index in [0.717, 1.165) is 0 Å². The van der Waals surface area contributed by atoms with Gasteiger partial charge in [0.15, 0.2) is 5.13 Å². The molecule has 0 saturated heterocycles. The van der Waals surface area contributed by atoms with Gasteiger partial charge in [-0.3, -0.25) is 4.72 Å². The van der Waals surface area contributed by atoms with Crippen molar-refractivity contribution in [3.05, 3.63) is 34.2 Å². The van der Waals surface area contributed by atoms with Crippen LogP contribution < -0.4 is 10.5 Å². The molecular weight excluding hydrogens is 326 g/mol. The number of hydrogen-bond acceptors (Lipinski definition) is 5. The maximum atomic E-state index is 12.0. The van der Waals surface area contributed by atoms with Crippen LogP contribution in [0.4, 0.5) is 10.8 Å². The molecule has 8 heteroatoms. The Morgan fingerprint density at radius 1 is 1.41 bits per heavy atom. The van der Waals surface area contributed by atoms with Gasteiger partial charge in [-0.2, -0.15) is 0 Å². The number of nitrogens with two attached hydrogens (primary N) is 1. The first kappa shape index (κ1) is 12.3. The predicted molar refractivity (Wildman–Crippen MR) is 71.5 cm³/mol. The third-order valence-electron chi connectivity index (χ3n) is 1.90. The van der Waals surface area contributed by atoms with Gasteiger partial charge in [0.25, 0.3) is 10.0 Å². The van der Waals surface area contributed by atoms with Crippen molar-refractivity contribution in [2.24, 2.45) is 0 Å². The molecule has 0 fully saturated rings. The Bertz CT molecular complexity index is 626. The van der Waals surface area contributed by atoms with Crippen molar-refractivity contribution in [3.8, 4) is 0 Å². The highest BCUT2D eigenvalue weighted by Crippen LogP contribution is 2.26. The van der Waals surface area contributed by atoms with Crippen molar-refractivity contribution in [3.63, 3.8) is 0 Å². The second-order valence-corrected chi connectivity index (χ2v) is 6.53. The molecule has 0 amide bonds. The molecule has 0 aliphatic rings. The van der Waals surface area contributed by atoms with Crippen LogP contribution in [0.15, 0.2) is 39.1 Å². The minimum Gasteiger partial charge on any atom is -0.399 e. The summed E-state index contributed by atoms with van der Waals surface area (Å²) in [4.78, 5) is 3.95. The summed E-state index contributed by atoms with van der Waals surface area (Å²) in [7, 11) is -3.67. The summed E-state index contributed by atoms with van der Waals surface area (Å²) >= 11 is 4.39. The number of thiazole rings is 1. The average Bonchev–Trinajstić information content (AvgIpc) is 2.73. The van der Waals surface area contributed by atoms with Gasteiger partial charge in [-0.25, -0.2) is 13.4 Å². The first-order chi connectivity index (χ1) is 7.99. The molecule has 0 unspecified atom stereocenters. The van der Waals surface area contributed by atoms with Crippen LogP contribution in [-0.2, 0) is 10.0 Å². The number of halogens is 1. The predicted octanol–water partition coefficient (Wildman–Crippen LogP) is 2.29. The number of nitrogen functional groups attached to an aromatic ring is 1. The minimum atomic E-state index is -3.67. The van der Waals surface area contributed by atoms with E-state index in [9.17, 15) is 8.42 Å². The number of rotatable bonds is 3. The summed E-state index contributed by atoms with van der Waals surface area (Å²) in [6.07, 6.45) is 1.52. The number of benzene rings is 1. The van der Waals surface area contributed by atoms with Crippen LogP contribution in [-0.4, -0.2) is 13.4 Å². The lowest BCUT2D eigenvalue weighted by Crippen LogP contribution is -2.13. The summed E-state index contributed by atoms with van der Waals surface area (Å²) < 4.78 is 26.9. The molecular formula is C9H8BrN3O2S2. The standard InChI is InChI=1S/C9H8BrN3O2S2/c10-7-2-1-6(11)5-8(7)17(14,15)13-9-12-3-4-16-9/h1-5H,11H2,(H,12,13). The van der Waals surface area contributed by atoms with Crippen LogP contribution in [0.1, 0.15) is 0 Å². The fraction of sp³-hybridized carbons (Fsp3) is 0. The molecule has 17 heavy (non-hydrogen) atoms. The fourth-order valence-corrected chi connectivity index (χ4v) is 3.96. The van der Waals surface area contributed by atoms with Gasteiger partial charge < -0.3 is 5.73 Å². The highest BCUT2D eigenvalue weighted by Gasteiger charge is 2.18. The highest BCUT2D eigenvalue weighted by atomic mass is 79.9. The van der Waals surface area contributed by atoms with Crippen LogP contribution >= 0.6 is 27.3 Å². The van der Waals surface area contributed by atoms with Gasteiger partial charge in [-0.05, 0) is 34.1 Å². The van der Waals surface area contributed by atoms with Gasteiger partial charge in [0, 0.05) is 21.7 Å². The quantitative estimate of drug-likeness (QED) is 0.844. The lowest BCUT2D eigenvalue weighted by molar-refractivity contribution is 0.601. The summed E-state index contributed by atoms with van der Waals surface area (Å²) in [5.74, 6) is 0. The number of hydrogen-bond donors (Lipinski definition) is 2. The normalized spacial score (nSPS) is 11.4. The largest absolute Gasteiger partial charge is 0.399 e. The Kier molecular flexibility index (Phi) is 3.36. The SMILES string of the molecule is Nc1ccc(Br)c(S(=O)(=O)Nc2nccs2)c1. The van der Waals surface area contributed by atoms with Crippen molar-refractivity contribution in [2.75, 3.05) is 10.5 Å². The van der Waals surface area contributed by atoms with E-state index in [1.165, 1.54) is 23.6 Å². The molecule has 1 aromatic heterocycles. The minimum absolute atomic E-state index is 0.0905. The van der Waals surface area contributed by atoms with E-state index in [0.29, 0.717) is 15.3 Å². The Balaban J connectivity index is 2.41. The van der Waals surface area contributed by atoms with E-state index >= 15 is 0 Å². The summed E-state index contributed by atoms with van der Waals surface area (Å²) in [5, 5.41) is 2.01. The molecule has 90 valence electrons. The van der Waals surface area contributed by atoms with Crippen molar-refractivity contribution in [2.45, 2.75) is 4.90 Å². The molecule has 1 aromatic carbocycles. The van der Waals surface area contributed by atoms with E-state index in [1.807, 2.05) is 0 Å². The Hall–Kier alpha value is -1.12. The summed E-state index contributed by atoms with van der Waals surface area (Å²) in [6, 6.07) is 4.60. The Labute approximate surface area is 111 Å². The third kappa shape index (κ3) is 2.76. The van der Waals surface area contributed by atoms with Crippen LogP contribution in [0.2, 0.25) is 0 Å². The van der Waals surface area contributed by atoms with Crippen LogP contribution in [0.25, 0.3) is 0 Å². The third-order valence-corrected chi connectivity index (χ3v) is 5.05. The molecule has 3 N–H and O–H groups in total. The van der Waals surface area contributed by atoms with Crippen LogP contribution in [0.5, 0.6) is 0 Å². The maximum absolute atomic E-state index is 12.0. The van der Waals surface area contributed by atoms with Gasteiger partial charge in [-0.1, -0.05) is 0 Å². The van der Waals surface area contributed by atoms with Gasteiger partial charge >= 0.3 is 0 Å². The fourth-order valence-electron chi connectivity index (χ4n) is 1.17. The van der Waals surface area contributed by atoms with Crippen molar-refractivity contribution < 1.29 is 8.42 Å². The smallest absolute Gasteiger partial charge is 0.264 e. The second-order valence-electron chi connectivity index (χ2n) is 3.13. The second kappa shape index (κ2) is 4.63. The summed E-state index contributed by atoms with van der Waals surface area (Å²) in [6.45, 7) is 0. The van der Waals surface area contributed by atoms with Crippen LogP contribution in [0.3, 0.4) is 0 Å². The zero-order valence-electron chi connectivity index (χ0n) is 8.42. The average molecular weight is 334 g/mol. The number of nitrogens with zero attached hydrogens (tertiary/aromatic N) is 1. The van der Waals surface area contributed by atoms with Crippen molar-refractivity contribution in [1.82, 2.24) is 4.98 Å². The van der Waals surface area contributed by atoms with Gasteiger partial charge in [-0.15, -0.1) is 11.3 Å². The zero-order chi connectivity index (χ0) is 12.5. The van der Waals surface area contributed by atoms with E-state index in [-0.39, 0.29) is 4.90 Å². The molecule has 0 aliphatic heterocycles. The molecule has 0 aliphatic carbocycles. The first-order valence-corrected chi connectivity index (χ1v) is 7.62. The molecule has 1 heterocycles. The van der Waals surface area contributed by atoms with E-state index in [1.54, 1.807) is 17.5 Å². The van der Waals surface area contributed by atoms with E-state index in [2.05, 4.69) is 25.6 Å². The number of aromatic nitrogens is 1. The topological polar surface area (TPSA) is 85.1 Å². The monoisotopic (exact) mass is 333 g/mol. The lowest BCUT2D eigenvalue weighted by atomic mass is 10.3.